The number of hydrogen-bond donors (Lipinski definition) is 3. The summed E-state index contributed by atoms with van der Waals surface area (Å²) in [7, 11) is 0. The van der Waals surface area contributed by atoms with Crippen LogP contribution in [0.3, 0.4) is 0 Å². The van der Waals surface area contributed by atoms with Crippen molar-refractivity contribution >= 4 is 33.5 Å². The normalized spacial score (nSPS) is 17.2. The topological polar surface area (TPSA) is 92.4 Å². The highest BCUT2D eigenvalue weighted by Gasteiger charge is 2.30. The van der Waals surface area contributed by atoms with E-state index in [0.717, 1.165) is 36.6 Å². The summed E-state index contributed by atoms with van der Waals surface area (Å²) in [5.74, 6) is -1.38. The van der Waals surface area contributed by atoms with E-state index in [2.05, 4.69) is 21.2 Å². The Labute approximate surface area is 132 Å². The lowest BCUT2D eigenvalue weighted by Crippen LogP contribution is -2.38. The number of rotatable bonds is 5. The van der Waals surface area contributed by atoms with Gasteiger partial charge in [-0.25, -0.2) is 4.79 Å². The van der Waals surface area contributed by atoms with Gasteiger partial charge >= 0.3 is 5.97 Å². The maximum atomic E-state index is 11.6. The first-order chi connectivity index (χ1) is 9.99. The van der Waals surface area contributed by atoms with Crippen molar-refractivity contribution in [2.75, 3.05) is 5.32 Å². The maximum Gasteiger partial charge on any atom is 0.326 e. The van der Waals surface area contributed by atoms with Gasteiger partial charge in [0.1, 0.15) is 6.04 Å². The molecular formula is C15H19BrN2O3. The minimum Gasteiger partial charge on any atom is -0.480 e. The minimum atomic E-state index is -0.889. The first-order valence-electron chi connectivity index (χ1n) is 7.07. The molecule has 6 heteroatoms. The first-order valence-corrected chi connectivity index (χ1v) is 7.87. The van der Waals surface area contributed by atoms with Crippen LogP contribution < -0.4 is 11.1 Å². The zero-order valence-corrected chi connectivity index (χ0v) is 13.2. The predicted molar refractivity (Wildman–Crippen MR) is 84.3 cm³/mol. The van der Waals surface area contributed by atoms with Crippen molar-refractivity contribution in [3.8, 4) is 0 Å². The number of carboxylic acid groups (broad SMARTS) is 1. The van der Waals surface area contributed by atoms with Gasteiger partial charge in [0.05, 0.1) is 5.56 Å². The number of hydrogen-bond acceptors (Lipinski definition) is 3. The summed E-state index contributed by atoms with van der Waals surface area (Å²) < 4.78 is 0.728. The largest absolute Gasteiger partial charge is 0.480 e. The number of halogens is 1. The number of primary amides is 1. The Morgan fingerprint density at radius 3 is 2.52 bits per heavy atom. The van der Waals surface area contributed by atoms with E-state index in [-0.39, 0.29) is 5.92 Å². The number of aliphatic carboxylic acids is 1. The van der Waals surface area contributed by atoms with Gasteiger partial charge in [-0.2, -0.15) is 0 Å². The molecule has 1 atom stereocenters. The molecule has 1 aromatic rings. The number of carbonyl (C=O) groups excluding carboxylic acids is 1. The average Bonchev–Trinajstić information content (AvgIpc) is 2.46. The molecule has 0 aliphatic heterocycles. The molecule has 1 fully saturated rings. The van der Waals surface area contributed by atoms with Crippen LogP contribution in [-0.4, -0.2) is 23.0 Å². The SMILES string of the molecule is NC(=O)c1cc(Br)ccc1NC(C(=O)O)C1CCCCC1. The second kappa shape index (κ2) is 6.93. The van der Waals surface area contributed by atoms with E-state index in [9.17, 15) is 14.7 Å². The molecule has 0 spiro atoms. The van der Waals surface area contributed by atoms with E-state index in [4.69, 9.17) is 5.73 Å². The Bertz CT molecular complexity index is 542. The average molecular weight is 355 g/mol. The molecule has 2 rings (SSSR count). The van der Waals surface area contributed by atoms with Gasteiger partial charge in [0.2, 0.25) is 0 Å². The highest BCUT2D eigenvalue weighted by Crippen LogP contribution is 2.30. The fourth-order valence-corrected chi connectivity index (χ4v) is 3.22. The van der Waals surface area contributed by atoms with Crippen molar-refractivity contribution in [3.63, 3.8) is 0 Å². The second-order valence-electron chi connectivity index (χ2n) is 5.41. The summed E-state index contributed by atoms with van der Waals surface area (Å²) in [6.07, 6.45) is 5.06. The number of nitrogens with two attached hydrogens (primary N) is 1. The molecule has 1 aliphatic carbocycles. The van der Waals surface area contributed by atoms with Gasteiger partial charge in [0, 0.05) is 10.2 Å². The van der Waals surface area contributed by atoms with Crippen LogP contribution in [0.2, 0.25) is 0 Å². The summed E-state index contributed by atoms with van der Waals surface area (Å²) in [6, 6.07) is 4.35. The van der Waals surface area contributed by atoms with Gasteiger partial charge in [-0.05, 0) is 37.0 Å². The third-order valence-corrected chi connectivity index (χ3v) is 4.44. The monoisotopic (exact) mass is 354 g/mol. The van der Waals surface area contributed by atoms with Crippen LogP contribution in [-0.2, 0) is 4.79 Å². The molecule has 0 heterocycles. The number of carbonyl (C=O) groups is 2. The Morgan fingerprint density at radius 2 is 1.95 bits per heavy atom. The van der Waals surface area contributed by atoms with Gasteiger partial charge in [0.15, 0.2) is 0 Å². The molecule has 21 heavy (non-hydrogen) atoms. The summed E-state index contributed by atoms with van der Waals surface area (Å²) in [5.41, 5.74) is 6.14. The van der Waals surface area contributed by atoms with Gasteiger partial charge in [0.25, 0.3) is 5.91 Å². The van der Waals surface area contributed by atoms with Crippen molar-refractivity contribution in [1.82, 2.24) is 0 Å². The van der Waals surface area contributed by atoms with Gasteiger partial charge in [-0.15, -0.1) is 0 Å². The molecule has 1 aromatic carbocycles. The van der Waals surface area contributed by atoms with E-state index in [1.165, 1.54) is 0 Å². The number of amides is 1. The van der Waals surface area contributed by atoms with Crippen molar-refractivity contribution in [1.29, 1.82) is 0 Å². The smallest absolute Gasteiger partial charge is 0.326 e. The lowest BCUT2D eigenvalue weighted by Gasteiger charge is -2.29. The maximum absolute atomic E-state index is 11.6. The van der Waals surface area contributed by atoms with E-state index < -0.39 is 17.9 Å². The van der Waals surface area contributed by atoms with Crippen molar-refractivity contribution in [2.24, 2.45) is 11.7 Å². The standard InChI is InChI=1S/C15H19BrN2O3/c16-10-6-7-12(11(8-10)14(17)19)18-13(15(20)21)9-4-2-1-3-5-9/h6-9,13,18H,1-5H2,(H2,17,19)(H,20,21). The zero-order valence-electron chi connectivity index (χ0n) is 11.6. The molecule has 1 unspecified atom stereocenters. The van der Waals surface area contributed by atoms with Crippen LogP contribution in [0.5, 0.6) is 0 Å². The van der Waals surface area contributed by atoms with E-state index >= 15 is 0 Å². The van der Waals surface area contributed by atoms with Crippen LogP contribution in [0.15, 0.2) is 22.7 Å². The van der Waals surface area contributed by atoms with Gasteiger partial charge in [-0.1, -0.05) is 35.2 Å². The fraction of sp³-hybridized carbons (Fsp3) is 0.467. The Balaban J connectivity index is 2.24. The van der Waals surface area contributed by atoms with E-state index in [1.807, 2.05) is 0 Å². The molecule has 0 aromatic heterocycles. The molecule has 0 saturated heterocycles. The summed E-state index contributed by atoms with van der Waals surface area (Å²) in [6.45, 7) is 0. The van der Waals surface area contributed by atoms with E-state index in [0.29, 0.717) is 11.3 Å². The molecule has 1 amide bonds. The number of benzene rings is 1. The lowest BCUT2D eigenvalue weighted by atomic mass is 9.83. The molecule has 0 radical (unpaired) electrons. The second-order valence-corrected chi connectivity index (χ2v) is 6.33. The van der Waals surface area contributed by atoms with Crippen molar-refractivity contribution in [3.05, 3.63) is 28.2 Å². The molecule has 0 bridgehead atoms. The van der Waals surface area contributed by atoms with Crippen LogP contribution in [0.25, 0.3) is 0 Å². The number of carboxylic acids is 1. The summed E-state index contributed by atoms with van der Waals surface area (Å²) in [4.78, 5) is 23.1. The Morgan fingerprint density at radius 1 is 1.29 bits per heavy atom. The van der Waals surface area contributed by atoms with Crippen molar-refractivity contribution < 1.29 is 14.7 Å². The number of nitrogens with one attached hydrogen (secondary N) is 1. The fourth-order valence-electron chi connectivity index (χ4n) is 2.86. The highest BCUT2D eigenvalue weighted by atomic mass is 79.9. The molecule has 5 nitrogen and oxygen atoms in total. The summed E-state index contributed by atoms with van der Waals surface area (Å²) >= 11 is 3.28. The van der Waals surface area contributed by atoms with Crippen LogP contribution in [0.4, 0.5) is 5.69 Å². The quantitative estimate of drug-likeness (QED) is 0.757. The molecule has 114 valence electrons. The zero-order chi connectivity index (χ0) is 15.4. The molecule has 1 saturated carbocycles. The van der Waals surface area contributed by atoms with Crippen molar-refractivity contribution in [2.45, 2.75) is 38.1 Å². The Hall–Kier alpha value is -1.56. The minimum absolute atomic E-state index is 0.0839. The van der Waals surface area contributed by atoms with Gasteiger partial charge in [-0.3, -0.25) is 4.79 Å². The first kappa shape index (κ1) is 15.8. The predicted octanol–water partition coefficient (Wildman–Crippen LogP) is 2.99. The number of anilines is 1. The third kappa shape index (κ3) is 3.97. The molecule has 4 N–H and O–H groups in total. The van der Waals surface area contributed by atoms with Gasteiger partial charge < -0.3 is 16.2 Å². The third-order valence-electron chi connectivity index (χ3n) is 3.95. The molecule has 1 aliphatic rings. The van der Waals surface area contributed by atoms with Crippen LogP contribution >= 0.6 is 15.9 Å². The Kier molecular flexibility index (Phi) is 5.22. The van der Waals surface area contributed by atoms with E-state index in [1.54, 1.807) is 18.2 Å². The highest BCUT2D eigenvalue weighted by molar-refractivity contribution is 9.10. The summed E-state index contributed by atoms with van der Waals surface area (Å²) in [5, 5.41) is 12.5. The lowest BCUT2D eigenvalue weighted by molar-refractivity contribution is -0.139. The molecular weight excluding hydrogens is 336 g/mol. The van der Waals surface area contributed by atoms with Crippen LogP contribution in [0.1, 0.15) is 42.5 Å². The van der Waals surface area contributed by atoms with Crippen LogP contribution in [0, 0.1) is 5.92 Å².